The van der Waals surface area contributed by atoms with Gasteiger partial charge in [0, 0.05) is 32.1 Å². The van der Waals surface area contributed by atoms with Crippen molar-refractivity contribution in [3.8, 4) is 0 Å². The predicted molar refractivity (Wildman–Crippen MR) is 88.4 cm³/mol. The fraction of sp³-hybridized carbons (Fsp3) is 0.562. The van der Waals surface area contributed by atoms with Crippen LogP contribution in [-0.4, -0.2) is 36.5 Å². The third kappa shape index (κ3) is 5.65. The van der Waals surface area contributed by atoms with Crippen molar-refractivity contribution in [2.45, 2.75) is 32.4 Å². The molecule has 2 unspecified atom stereocenters. The highest BCUT2D eigenvalue weighted by atomic mass is 35.5. The van der Waals surface area contributed by atoms with Crippen molar-refractivity contribution >= 4 is 18.3 Å². The molecule has 1 aromatic carbocycles. The van der Waals surface area contributed by atoms with Crippen molar-refractivity contribution in [3.63, 3.8) is 0 Å². The summed E-state index contributed by atoms with van der Waals surface area (Å²) in [5.74, 6) is 0.613. The van der Waals surface area contributed by atoms with E-state index in [0.717, 1.165) is 26.1 Å². The smallest absolute Gasteiger partial charge is 0.221 e. The minimum Gasteiger partial charge on any atom is -0.353 e. The Morgan fingerprint density at radius 2 is 2.14 bits per heavy atom. The molecule has 0 saturated carbocycles. The summed E-state index contributed by atoms with van der Waals surface area (Å²) in [5.41, 5.74) is 6.75. The Morgan fingerprint density at radius 1 is 1.43 bits per heavy atom. The molecule has 1 aliphatic heterocycles. The summed E-state index contributed by atoms with van der Waals surface area (Å²) in [6.45, 7) is 5.69. The van der Waals surface area contributed by atoms with Crippen LogP contribution in [0.5, 0.6) is 0 Å². The number of nitrogens with two attached hydrogens (primary N) is 1. The quantitative estimate of drug-likeness (QED) is 0.842. The van der Waals surface area contributed by atoms with Crippen LogP contribution in [0.25, 0.3) is 0 Å². The summed E-state index contributed by atoms with van der Waals surface area (Å²) in [7, 11) is 0. The summed E-state index contributed by atoms with van der Waals surface area (Å²) in [6.07, 6.45) is 1.57. The zero-order valence-electron chi connectivity index (χ0n) is 12.6. The van der Waals surface area contributed by atoms with E-state index >= 15 is 0 Å². The summed E-state index contributed by atoms with van der Waals surface area (Å²) in [4.78, 5) is 14.0. The first-order chi connectivity index (χ1) is 9.69. The first-order valence-corrected chi connectivity index (χ1v) is 7.44. The number of nitrogens with one attached hydrogen (secondary N) is 1. The standard InChI is InChI=1S/C16H25N3O.ClH/c1-13(18-16(20)7-9-17)15-8-10-19(12-15)11-14-5-3-2-4-6-14;/h2-6,13,15H,7-12,17H2,1H3,(H,18,20);1H. The fourth-order valence-corrected chi connectivity index (χ4v) is 2.83. The average molecular weight is 312 g/mol. The van der Waals surface area contributed by atoms with Gasteiger partial charge < -0.3 is 11.1 Å². The van der Waals surface area contributed by atoms with E-state index in [0.29, 0.717) is 18.9 Å². The highest BCUT2D eigenvalue weighted by Crippen LogP contribution is 2.21. The van der Waals surface area contributed by atoms with Gasteiger partial charge in [-0.15, -0.1) is 12.4 Å². The van der Waals surface area contributed by atoms with E-state index in [1.165, 1.54) is 5.56 Å². The fourth-order valence-electron chi connectivity index (χ4n) is 2.83. The van der Waals surface area contributed by atoms with E-state index in [4.69, 9.17) is 5.73 Å². The van der Waals surface area contributed by atoms with E-state index in [1.807, 2.05) is 6.07 Å². The van der Waals surface area contributed by atoms with Gasteiger partial charge in [0.25, 0.3) is 0 Å². The van der Waals surface area contributed by atoms with Crippen molar-refractivity contribution in [1.82, 2.24) is 10.2 Å². The lowest BCUT2D eigenvalue weighted by Crippen LogP contribution is -2.39. The Kier molecular flexibility index (Phi) is 7.72. The predicted octanol–water partition coefficient (Wildman–Crippen LogP) is 1.78. The van der Waals surface area contributed by atoms with Crippen molar-refractivity contribution in [3.05, 3.63) is 35.9 Å². The van der Waals surface area contributed by atoms with E-state index in [1.54, 1.807) is 0 Å². The topological polar surface area (TPSA) is 58.4 Å². The number of rotatable bonds is 6. The van der Waals surface area contributed by atoms with Crippen LogP contribution in [0.4, 0.5) is 0 Å². The van der Waals surface area contributed by atoms with Gasteiger partial charge >= 0.3 is 0 Å². The van der Waals surface area contributed by atoms with Crippen LogP contribution in [0.2, 0.25) is 0 Å². The number of carbonyl (C=O) groups is 1. The second kappa shape index (κ2) is 9.03. The minimum atomic E-state index is 0. The zero-order valence-corrected chi connectivity index (χ0v) is 13.4. The Bertz CT molecular complexity index is 427. The molecule has 1 aliphatic rings. The first kappa shape index (κ1) is 18.0. The van der Waals surface area contributed by atoms with Gasteiger partial charge in [0.15, 0.2) is 0 Å². The van der Waals surface area contributed by atoms with Crippen LogP contribution >= 0.6 is 12.4 Å². The molecule has 2 atom stereocenters. The van der Waals surface area contributed by atoms with Crippen LogP contribution in [0.15, 0.2) is 30.3 Å². The number of halogens is 1. The Morgan fingerprint density at radius 3 is 2.81 bits per heavy atom. The van der Waals surface area contributed by atoms with Gasteiger partial charge in [0.1, 0.15) is 0 Å². The second-order valence-electron chi connectivity index (χ2n) is 5.66. The molecule has 21 heavy (non-hydrogen) atoms. The number of nitrogens with zero attached hydrogens (tertiary/aromatic N) is 1. The molecule has 0 aliphatic carbocycles. The van der Waals surface area contributed by atoms with E-state index < -0.39 is 0 Å². The molecule has 3 N–H and O–H groups in total. The molecular weight excluding hydrogens is 286 g/mol. The van der Waals surface area contributed by atoms with Crippen LogP contribution in [-0.2, 0) is 11.3 Å². The van der Waals surface area contributed by atoms with Crippen LogP contribution in [0.3, 0.4) is 0 Å². The van der Waals surface area contributed by atoms with Gasteiger partial charge in [-0.3, -0.25) is 9.69 Å². The third-order valence-electron chi connectivity index (χ3n) is 4.02. The molecule has 118 valence electrons. The average Bonchev–Trinajstić information content (AvgIpc) is 2.89. The number of hydrogen-bond donors (Lipinski definition) is 2. The molecular formula is C16H26ClN3O. The summed E-state index contributed by atoms with van der Waals surface area (Å²) >= 11 is 0. The molecule has 1 aromatic rings. The summed E-state index contributed by atoms with van der Waals surface area (Å²) < 4.78 is 0. The van der Waals surface area contributed by atoms with Gasteiger partial charge in [0.05, 0.1) is 0 Å². The second-order valence-corrected chi connectivity index (χ2v) is 5.66. The Labute approximate surface area is 133 Å². The number of amides is 1. The lowest BCUT2D eigenvalue weighted by atomic mass is 10.0. The minimum absolute atomic E-state index is 0. The third-order valence-corrected chi connectivity index (χ3v) is 4.02. The van der Waals surface area contributed by atoms with E-state index in [9.17, 15) is 4.79 Å². The largest absolute Gasteiger partial charge is 0.353 e. The molecule has 0 radical (unpaired) electrons. The number of hydrogen-bond acceptors (Lipinski definition) is 3. The van der Waals surface area contributed by atoms with Crippen molar-refractivity contribution in [2.75, 3.05) is 19.6 Å². The van der Waals surface area contributed by atoms with Crippen LogP contribution in [0.1, 0.15) is 25.3 Å². The SMILES string of the molecule is CC(NC(=O)CCN)C1CCN(Cc2ccccc2)C1.Cl. The maximum Gasteiger partial charge on any atom is 0.221 e. The highest BCUT2D eigenvalue weighted by Gasteiger charge is 2.27. The van der Waals surface area contributed by atoms with Gasteiger partial charge in [0.2, 0.25) is 5.91 Å². The molecule has 0 bridgehead atoms. The molecule has 0 aromatic heterocycles. The number of likely N-dealkylation sites (tertiary alicyclic amines) is 1. The van der Waals surface area contributed by atoms with Gasteiger partial charge in [-0.1, -0.05) is 30.3 Å². The summed E-state index contributed by atoms with van der Waals surface area (Å²) in [6, 6.07) is 10.8. The van der Waals surface area contributed by atoms with Crippen LogP contribution in [0, 0.1) is 5.92 Å². The molecule has 1 saturated heterocycles. The van der Waals surface area contributed by atoms with Crippen LogP contribution < -0.4 is 11.1 Å². The Hall–Kier alpha value is -1.10. The number of benzene rings is 1. The lowest BCUT2D eigenvalue weighted by Gasteiger charge is -2.21. The van der Waals surface area contributed by atoms with Gasteiger partial charge in [-0.2, -0.15) is 0 Å². The number of carbonyl (C=O) groups excluding carboxylic acids is 1. The molecule has 1 fully saturated rings. The van der Waals surface area contributed by atoms with E-state index in [2.05, 4.69) is 41.4 Å². The van der Waals surface area contributed by atoms with Crippen molar-refractivity contribution < 1.29 is 4.79 Å². The maximum atomic E-state index is 11.6. The van der Waals surface area contributed by atoms with Gasteiger partial charge in [-0.25, -0.2) is 0 Å². The first-order valence-electron chi connectivity index (χ1n) is 7.44. The van der Waals surface area contributed by atoms with Crippen molar-refractivity contribution in [2.24, 2.45) is 11.7 Å². The molecule has 1 amide bonds. The molecule has 1 heterocycles. The molecule has 4 nitrogen and oxygen atoms in total. The lowest BCUT2D eigenvalue weighted by molar-refractivity contribution is -0.121. The maximum absolute atomic E-state index is 11.6. The summed E-state index contributed by atoms with van der Waals surface area (Å²) in [5, 5.41) is 3.06. The van der Waals surface area contributed by atoms with Gasteiger partial charge in [-0.05, 0) is 31.4 Å². The molecule has 5 heteroatoms. The molecule has 2 rings (SSSR count). The highest BCUT2D eigenvalue weighted by molar-refractivity contribution is 5.85. The zero-order chi connectivity index (χ0) is 14.4. The Balaban J connectivity index is 0.00000220. The monoisotopic (exact) mass is 311 g/mol. The normalized spacial score (nSPS) is 19.8. The molecule has 0 spiro atoms. The van der Waals surface area contributed by atoms with Crippen molar-refractivity contribution in [1.29, 1.82) is 0 Å². The van der Waals surface area contributed by atoms with E-state index in [-0.39, 0.29) is 24.4 Å².